The summed E-state index contributed by atoms with van der Waals surface area (Å²) >= 11 is 1.10. The first-order chi connectivity index (χ1) is 14.5. The van der Waals surface area contributed by atoms with E-state index in [4.69, 9.17) is 4.74 Å². The Hall–Kier alpha value is -2.43. The molecule has 0 aliphatic carbocycles. The van der Waals surface area contributed by atoms with Gasteiger partial charge in [0.05, 0.1) is 17.9 Å². The molecule has 7 nitrogen and oxygen atoms in total. The lowest BCUT2D eigenvalue weighted by Gasteiger charge is -2.29. The molecule has 0 bridgehead atoms. The number of carbonyl (C=O) groups excluding carboxylic acids is 1. The monoisotopic (exact) mass is 435 g/mol. The summed E-state index contributed by atoms with van der Waals surface area (Å²) in [4.78, 5) is 21.4. The number of hydrogen-bond acceptors (Lipinski definition) is 6. The third-order valence-corrected chi connectivity index (χ3v) is 6.15. The van der Waals surface area contributed by atoms with Gasteiger partial charge < -0.3 is 4.74 Å². The molecule has 3 heterocycles. The molecular weight excluding hydrogens is 412 g/mol. The van der Waals surface area contributed by atoms with Gasteiger partial charge in [-0.15, -0.1) is 0 Å². The number of morpholine rings is 1. The maximum Gasteiger partial charge on any atom is 0.280 e. The molecule has 10 heteroatoms. The minimum absolute atomic E-state index is 0.0656. The molecule has 4 rings (SSSR count). The molecule has 0 N–H and O–H groups in total. The Bertz CT molecular complexity index is 1060. The van der Waals surface area contributed by atoms with Gasteiger partial charge in [0, 0.05) is 44.5 Å². The fourth-order valence-electron chi connectivity index (χ4n) is 3.48. The number of rotatable bonds is 6. The van der Waals surface area contributed by atoms with E-state index in [1.165, 1.54) is 11.0 Å². The van der Waals surface area contributed by atoms with Crippen molar-refractivity contribution in [2.45, 2.75) is 20.4 Å². The lowest BCUT2D eigenvalue weighted by molar-refractivity contribution is 0.0391. The van der Waals surface area contributed by atoms with E-state index < -0.39 is 11.6 Å². The molecule has 0 atom stereocenters. The van der Waals surface area contributed by atoms with Crippen LogP contribution in [0.1, 0.15) is 23.1 Å². The number of aromatic nitrogens is 3. The smallest absolute Gasteiger partial charge is 0.280 e. The first-order valence-electron chi connectivity index (χ1n) is 9.88. The van der Waals surface area contributed by atoms with Crippen molar-refractivity contribution in [3.8, 4) is 0 Å². The lowest BCUT2D eigenvalue weighted by Crippen LogP contribution is -2.43. The van der Waals surface area contributed by atoms with E-state index in [1.807, 2.05) is 13.8 Å². The number of hydrogen-bond donors (Lipinski definition) is 0. The highest BCUT2D eigenvalue weighted by Crippen LogP contribution is 2.32. The third-order valence-electron chi connectivity index (χ3n) is 5.12. The summed E-state index contributed by atoms with van der Waals surface area (Å²) in [5.74, 6) is -1.71. The van der Waals surface area contributed by atoms with Crippen molar-refractivity contribution >= 4 is 32.6 Å². The van der Waals surface area contributed by atoms with E-state index in [2.05, 4.69) is 15.0 Å². The van der Waals surface area contributed by atoms with E-state index in [0.29, 0.717) is 48.4 Å². The fraction of sp³-hybridized carbons (Fsp3) is 0.450. The second-order valence-electron chi connectivity index (χ2n) is 7.13. The summed E-state index contributed by atoms with van der Waals surface area (Å²) in [6.45, 7) is 8.35. The third kappa shape index (κ3) is 4.21. The van der Waals surface area contributed by atoms with E-state index in [-0.39, 0.29) is 11.4 Å². The van der Waals surface area contributed by atoms with Gasteiger partial charge in [0.2, 0.25) is 0 Å². The van der Waals surface area contributed by atoms with Crippen molar-refractivity contribution in [2.24, 2.45) is 0 Å². The molecule has 1 amide bonds. The Morgan fingerprint density at radius 1 is 1.27 bits per heavy atom. The number of nitrogens with zero attached hydrogens (tertiary/aromatic N) is 5. The van der Waals surface area contributed by atoms with Crippen LogP contribution in [-0.2, 0) is 11.3 Å². The van der Waals surface area contributed by atoms with Crippen LogP contribution in [0.15, 0.2) is 18.2 Å². The molecule has 160 valence electrons. The van der Waals surface area contributed by atoms with Crippen molar-refractivity contribution in [3.63, 3.8) is 0 Å². The quantitative estimate of drug-likeness (QED) is 0.596. The van der Waals surface area contributed by atoms with E-state index >= 15 is 0 Å². The van der Waals surface area contributed by atoms with E-state index in [9.17, 15) is 13.6 Å². The summed E-state index contributed by atoms with van der Waals surface area (Å²) in [6, 6.07) is 3.78. The highest BCUT2D eigenvalue weighted by Gasteiger charge is 2.26. The van der Waals surface area contributed by atoms with Crippen molar-refractivity contribution in [3.05, 3.63) is 41.2 Å². The molecule has 1 aromatic carbocycles. The average molecular weight is 436 g/mol. The first kappa shape index (κ1) is 20.8. The second-order valence-corrected chi connectivity index (χ2v) is 8.14. The minimum Gasteiger partial charge on any atom is -0.379 e. The minimum atomic E-state index is -0.737. The molecule has 30 heavy (non-hydrogen) atoms. The summed E-state index contributed by atoms with van der Waals surface area (Å²) in [6.07, 6.45) is 0. The van der Waals surface area contributed by atoms with Gasteiger partial charge in [-0.25, -0.2) is 13.8 Å². The van der Waals surface area contributed by atoms with Gasteiger partial charge in [-0.2, -0.15) is 5.10 Å². The molecule has 1 aliphatic rings. The summed E-state index contributed by atoms with van der Waals surface area (Å²) in [5.41, 5.74) is 1.25. The maximum atomic E-state index is 14.2. The molecule has 1 aliphatic heterocycles. The summed E-state index contributed by atoms with van der Waals surface area (Å²) < 4.78 is 35.3. The molecule has 0 unspecified atom stereocenters. The van der Waals surface area contributed by atoms with Crippen LogP contribution < -0.4 is 4.90 Å². The molecule has 0 saturated carbocycles. The number of amides is 1. The van der Waals surface area contributed by atoms with Crippen LogP contribution in [0.3, 0.4) is 0 Å². The van der Waals surface area contributed by atoms with Gasteiger partial charge in [0.15, 0.2) is 16.6 Å². The number of fused-ring (bicyclic) bond motifs is 1. The molecule has 0 radical (unpaired) electrons. The van der Waals surface area contributed by atoms with Crippen LogP contribution in [0.2, 0.25) is 0 Å². The van der Waals surface area contributed by atoms with Gasteiger partial charge in [0.1, 0.15) is 11.3 Å². The van der Waals surface area contributed by atoms with Crippen LogP contribution in [0.5, 0.6) is 0 Å². The first-order valence-corrected chi connectivity index (χ1v) is 10.7. The van der Waals surface area contributed by atoms with Gasteiger partial charge >= 0.3 is 0 Å². The normalized spacial score (nSPS) is 15.1. The molecule has 1 saturated heterocycles. The zero-order chi connectivity index (χ0) is 21.3. The van der Waals surface area contributed by atoms with Gasteiger partial charge in [-0.05, 0) is 26.0 Å². The van der Waals surface area contributed by atoms with Gasteiger partial charge in [-0.3, -0.25) is 19.3 Å². The van der Waals surface area contributed by atoms with E-state index in [1.54, 1.807) is 10.7 Å². The predicted octanol–water partition coefficient (Wildman–Crippen LogP) is 3.08. The number of aryl methyl sites for hydroxylation is 2. The number of thiazole rings is 1. The Morgan fingerprint density at radius 2 is 2.03 bits per heavy atom. The van der Waals surface area contributed by atoms with Crippen LogP contribution in [0.25, 0.3) is 10.2 Å². The highest BCUT2D eigenvalue weighted by molar-refractivity contribution is 7.22. The average Bonchev–Trinajstić information content (AvgIpc) is 3.32. The number of carbonyl (C=O) groups is 1. The number of ether oxygens (including phenoxy) is 1. The SMILES string of the molecule is CCn1nc(C(=O)N(CCN2CCOCC2)c2nc3c(F)cc(F)cc3s2)cc1C. The second kappa shape index (κ2) is 8.75. The summed E-state index contributed by atoms with van der Waals surface area (Å²) in [7, 11) is 0. The Morgan fingerprint density at radius 3 is 2.73 bits per heavy atom. The number of benzene rings is 1. The zero-order valence-corrected chi connectivity index (χ0v) is 17.7. The zero-order valence-electron chi connectivity index (χ0n) is 16.9. The van der Waals surface area contributed by atoms with Gasteiger partial charge in [-0.1, -0.05) is 11.3 Å². The standard InChI is InChI=1S/C20H23F2N5O2S/c1-3-27-13(2)10-16(24-27)19(28)26(5-4-25-6-8-29-9-7-25)20-23-18-15(22)11-14(21)12-17(18)30-20/h10-12H,3-9H2,1-2H3. The predicted molar refractivity (Wildman–Crippen MR) is 111 cm³/mol. The van der Waals surface area contributed by atoms with Gasteiger partial charge in [0.25, 0.3) is 5.91 Å². The largest absolute Gasteiger partial charge is 0.379 e. The Kier molecular flexibility index (Phi) is 6.07. The maximum absolute atomic E-state index is 14.2. The van der Waals surface area contributed by atoms with Crippen LogP contribution >= 0.6 is 11.3 Å². The molecule has 1 fully saturated rings. The Balaban J connectivity index is 1.67. The topological polar surface area (TPSA) is 63.5 Å². The molecule has 3 aromatic rings. The van der Waals surface area contributed by atoms with Crippen molar-refractivity contribution in [1.82, 2.24) is 19.7 Å². The van der Waals surface area contributed by atoms with Crippen molar-refractivity contribution in [1.29, 1.82) is 0 Å². The van der Waals surface area contributed by atoms with Crippen LogP contribution in [-0.4, -0.2) is 65.0 Å². The molecule has 0 spiro atoms. The highest BCUT2D eigenvalue weighted by atomic mass is 32.1. The Labute approximate surface area is 176 Å². The van der Waals surface area contributed by atoms with Crippen molar-refractivity contribution in [2.75, 3.05) is 44.3 Å². The lowest BCUT2D eigenvalue weighted by atomic mass is 10.3. The molecule has 2 aromatic heterocycles. The van der Waals surface area contributed by atoms with Crippen molar-refractivity contribution < 1.29 is 18.3 Å². The van der Waals surface area contributed by atoms with Crippen LogP contribution in [0, 0.1) is 18.6 Å². The fourth-order valence-corrected chi connectivity index (χ4v) is 4.51. The van der Waals surface area contributed by atoms with E-state index in [0.717, 1.165) is 36.2 Å². The van der Waals surface area contributed by atoms with Crippen LogP contribution in [0.4, 0.5) is 13.9 Å². The number of halogens is 2. The molecular formula is C20H23F2N5O2S. The summed E-state index contributed by atoms with van der Waals surface area (Å²) in [5, 5.41) is 4.72. The number of anilines is 1.